The highest BCUT2D eigenvalue weighted by Gasteiger charge is 2.13. The summed E-state index contributed by atoms with van der Waals surface area (Å²) in [5.41, 5.74) is 2.35. The fourth-order valence-electron chi connectivity index (χ4n) is 3.67. The highest BCUT2D eigenvalue weighted by Crippen LogP contribution is 2.35. The molecule has 0 aliphatic rings. The predicted molar refractivity (Wildman–Crippen MR) is 162 cm³/mol. The summed E-state index contributed by atoms with van der Waals surface area (Å²) in [5.74, 6) is -0.0805. The highest BCUT2D eigenvalue weighted by atomic mass is 32.1. The molecule has 0 bridgehead atoms. The number of benzene rings is 2. The average molecular weight is 607 g/mol. The number of methoxy groups -OCH3 is 2. The third-order valence-corrected chi connectivity index (χ3v) is 7.64. The molecule has 0 saturated heterocycles. The van der Waals surface area contributed by atoms with Crippen molar-refractivity contribution in [3.05, 3.63) is 103 Å². The molecule has 2 amide bonds. The van der Waals surface area contributed by atoms with Crippen molar-refractivity contribution in [2.75, 3.05) is 24.9 Å². The molecule has 4 rings (SSSR count). The Labute approximate surface area is 246 Å². The van der Waals surface area contributed by atoms with Crippen LogP contribution in [0.4, 0.5) is 21.4 Å². The van der Waals surface area contributed by atoms with Gasteiger partial charge in [-0.25, -0.2) is 0 Å². The number of carbonyl (C=O) groups excluding carboxylic acids is 2. The summed E-state index contributed by atoms with van der Waals surface area (Å²) < 4.78 is 10.9. The first-order valence-corrected chi connectivity index (χ1v) is 13.6. The van der Waals surface area contributed by atoms with Gasteiger partial charge in [-0.1, -0.05) is 34.8 Å². The van der Waals surface area contributed by atoms with Gasteiger partial charge < -0.3 is 20.1 Å². The minimum atomic E-state index is -0.489. The van der Waals surface area contributed by atoms with Crippen LogP contribution < -0.4 is 20.1 Å². The monoisotopic (exact) mass is 606 g/mol. The smallest absolute Gasteiger partial charge is 0.324 e. The van der Waals surface area contributed by atoms with Gasteiger partial charge in [0.1, 0.15) is 11.5 Å². The number of nitrogens with zero attached hydrogens (tertiary/aromatic N) is 2. The van der Waals surface area contributed by atoms with Crippen molar-refractivity contribution in [1.82, 2.24) is 0 Å². The fourth-order valence-corrected chi connectivity index (χ4v) is 5.12. The van der Waals surface area contributed by atoms with Gasteiger partial charge in [0.05, 0.1) is 35.4 Å². The molecule has 14 heteroatoms. The Hall–Kier alpha value is -5.34. The van der Waals surface area contributed by atoms with E-state index in [0.717, 1.165) is 33.8 Å². The van der Waals surface area contributed by atoms with E-state index in [-0.39, 0.29) is 10.0 Å². The molecule has 2 aromatic heterocycles. The van der Waals surface area contributed by atoms with Gasteiger partial charge in [-0.2, -0.15) is 0 Å². The van der Waals surface area contributed by atoms with Crippen molar-refractivity contribution >= 4 is 68.0 Å². The second-order valence-corrected chi connectivity index (χ2v) is 10.5. The number of hydrogen-bond donors (Lipinski definition) is 2. The number of ether oxygens (including phenoxy) is 2. The van der Waals surface area contributed by atoms with E-state index >= 15 is 0 Å². The van der Waals surface area contributed by atoms with Gasteiger partial charge in [-0.15, -0.1) is 0 Å². The summed E-state index contributed by atoms with van der Waals surface area (Å²) in [6.07, 6.45) is 5.54. The number of hydrogen-bond acceptors (Lipinski definition) is 10. The third kappa shape index (κ3) is 7.44. The van der Waals surface area contributed by atoms with Gasteiger partial charge in [0.15, 0.2) is 0 Å². The molecule has 0 spiro atoms. The number of rotatable bonds is 11. The van der Waals surface area contributed by atoms with E-state index in [0.29, 0.717) is 32.6 Å². The molecule has 12 nitrogen and oxygen atoms in total. The van der Waals surface area contributed by atoms with Crippen LogP contribution in [-0.4, -0.2) is 35.9 Å². The number of amides is 2. The Bertz CT molecular complexity index is 1600. The lowest BCUT2D eigenvalue weighted by molar-refractivity contribution is -0.380. The number of carbonyl (C=O) groups is 2. The lowest BCUT2D eigenvalue weighted by Crippen LogP contribution is -2.09. The summed E-state index contributed by atoms with van der Waals surface area (Å²) in [5, 5.41) is 27.1. The topological polar surface area (TPSA) is 163 Å². The average Bonchev–Trinajstić information content (AvgIpc) is 3.66. The molecule has 0 aliphatic heterocycles. The molecule has 0 aliphatic carbocycles. The van der Waals surface area contributed by atoms with Crippen molar-refractivity contribution < 1.29 is 28.9 Å². The van der Waals surface area contributed by atoms with Gasteiger partial charge >= 0.3 is 10.0 Å². The summed E-state index contributed by atoms with van der Waals surface area (Å²) in [7, 11) is 2.94. The van der Waals surface area contributed by atoms with E-state index in [1.807, 2.05) is 0 Å². The summed E-state index contributed by atoms with van der Waals surface area (Å²) in [6, 6.07) is 16.3. The largest absolute Gasteiger partial charge is 0.495 e. The molecule has 2 aromatic carbocycles. The minimum Gasteiger partial charge on any atom is -0.495 e. The van der Waals surface area contributed by atoms with E-state index in [1.54, 1.807) is 48.5 Å². The second-order valence-electron chi connectivity index (χ2n) is 8.34. The molecular formula is C28H22N4O8S2. The zero-order chi connectivity index (χ0) is 30.2. The van der Waals surface area contributed by atoms with Crippen LogP contribution in [0.15, 0.2) is 72.8 Å². The van der Waals surface area contributed by atoms with Crippen LogP contribution in [0, 0.1) is 20.2 Å². The van der Waals surface area contributed by atoms with Gasteiger partial charge in [-0.3, -0.25) is 29.8 Å². The molecule has 0 fully saturated rings. The zero-order valence-electron chi connectivity index (χ0n) is 22.1. The fraction of sp³-hybridized carbons (Fsp3) is 0.0714. The molecule has 42 heavy (non-hydrogen) atoms. The van der Waals surface area contributed by atoms with Crippen molar-refractivity contribution in [2.24, 2.45) is 0 Å². The Morgan fingerprint density at radius 3 is 1.43 bits per heavy atom. The molecule has 0 radical (unpaired) electrons. The van der Waals surface area contributed by atoms with Crippen molar-refractivity contribution in [3.63, 3.8) is 0 Å². The molecule has 2 N–H and O–H groups in total. The lowest BCUT2D eigenvalue weighted by Gasteiger charge is -2.14. The van der Waals surface area contributed by atoms with Crippen LogP contribution in [0.3, 0.4) is 0 Å². The lowest BCUT2D eigenvalue weighted by atomic mass is 10.0. The van der Waals surface area contributed by atoms with Gasteiger partial charge in [-0.05, 0) is 59.7 Å². The number of thiophene rings is 2. The van der Waals surface area contributed by atoms with E-state index < -0.39 is 21.7 Å². The van der Waals surface area contributed by atoms with Gasteiger partial charge in [0, 0.05) is 34.0 Å². The second kappa shape index (κ2) is 13.3. The Morgan fingerprint density at radius 1 is 0.690 bits per heavy atom. The van der Waals surface area contributed by atoms with Crippen LogP contribution in [0.1, 0.15) is 9.75 Å². The van der Waals surface area contributed by atoms with Crippen molar-refractivity contribution in [1.29, 1.82) is 0 Å². The number of nitro groups is 2. The molecule has 214 valence electrons. The number of nitrogens with one attached hydrogen (secondary N) is 2. The molecular weight excluding hydrogens is 584 g/mol. The van der Waals surface area contributed by atoms with Crippen LogP contribution in [0.25, 0.3) is 23.3 Å². The van der Waals surface area contributed by atoms with Gasteiger partial charge in [0.2, 0.25) is 11.8 Å². The Balaban J connectivity index is 1.44. The minimum absolute atomic E-state index is 0.0135. The summed E-state index contributed by atoms with van der Waals surface area (Å²) in [6.45, 7) is 0. The van der Waals surface area contributed by atoms with E-state index in [2.05, 4.69) is 10.6 Å². The van der Waals surface area contributed by atoms with Crippen LogP contribution in [-0.2, 0) is 9.59 Å². The Kier molecular flexibility index (Phi) is 9.42. The van der Waals surface area contributed by atoms with Crippen molar-refractivity contribution in [3.8, 4) is 22.6 Å². The van der Waals surface area contributed by atoms with Crippen molar-refractivity contribution in [2.45, 2.75) is 0 Å². The van der Waals surface area contributed by atoms with Crippen LogP contribution >= 0.6 is 22.7 Å². The third-order valence-electron chi connectivity index (χ3n) is 5.64. The van der Waals surface area contributed by atoms with E-state index in [4.69, 9.17) is 9.47 Å². The molecule has 2 heterocycles. The Morgan fingerprint density at radius 2 is 1.10 bits per heavy atom. The highest BCUT2D eigenvalue weighted by molar-refractivity contribution is 7.16. The van der Waals surface area contributed by atoms with E-state index in [1.165, 1.54) is 50.7 Å². The maximum Gasteiger partial charge on any atom is 0.324 e. The maximum absolute atomic E-state index is 12.4. The van der Waals surface area contributed by atoms with Gasteiger partial charge in [0.25, 0.3) is 0 Å². The van der Waals surface area contributed by atoms with Crippen LogP contribution in [0.2, 0.25) is 0 Å². The SMILES string of the molecule is COc1cc(-c2ccc(NC(=O)C=Cc3ccc([N+](=O)[O-])s3)c(OC)c2)ccc1NC(=O)C=Cc1ccc([N+](=O)[O-])s1. The van der Waals surface area contributed by atoms with Crippen LogP contribution in [0.5, 0.6) is 11.5 Å². The summed E-state index contributed by atoms with van der Waals surface area (Å²) >= 11 is 1.92. The zero-order valence-corrected chi connectivity index (χ0v) is 23.7. The number of anilines is 2. The molecule has 4 aromatic rings. The first-order chi connectivity index (χ1) is 20.2. The summed E-state index contributed by atoms with van der Waals surface area (Å²) in [4.78, 5) is 46.7. The van der Waals surface area contributed by atoms with E-state index in [9.17, 15) is 29.8 Å². The maximum atomic E-state index is 12.4. The standard InChI is InChI=1S/C28H22N4O8S2/c1-39-23-15-17(3-9-21(23)29-25(33)11-5-19-7-13-27(41-19)31(35)36)18-4-10-22(24(16-18)40-2)30-26(34)12-6-20-8-14-28(42-20)32(37)38/h3-16H,1-2H3,(H,29,33)(H,30,34). The normalized spacial score (nSPS) is 11.0. The predicted octanol–water partition coefficient (Wildman–Crippen LogP) is 6.61. The first-order valence-electron chi connectivity index (χ1n) is 12.0. The molecule has 0 atom stereocenters. The molecule has 0 saturated carbocycles. The molecule has 0 unspecified atom stereocenters. The first kappa shape index (κ1) is 29.6. The quantitative estimate of drug-likeness (QED) is 0.109.